The zero-order valence-electron chi connectivity index (χ0n) is 16.4. The lowest BCUT2D eigenvalue weighted by Gasteiger charge is -2.20. The Morgan fingerprint density at radius 1 is 1.25 bits per heavy atom. The first-order chi connectivity index (χ1) is 13.5. The second-order valence-electron chi connectivity index (χ2n) is 6.81. The smallest absolute Gasteiger partial charge is 0.341 e. The monoisotopic (exact) mass is 399 g/mol. The summed E-state index contributed by atoms with van der Waals surface area (Å²) in [5.74, 6) is 0.738. The zero-order valence-corrected chi connectivity index (χ0v) is 17.2. The molecule has 0 saturated carbocycles. The maximum Gasteiger partial charge on any atom is 0.341 e. The summed E-state index contributed by atoms with van der Waals surface area (Å²) in [5, 5.41) is 3.46. The molecule has 5 nitrogen and oxygen atoms in total. The normalized spacial score (nSPS) is 15.9. The number of ether oxygens (including phenoxy) is 2. The van der Waals surface area contributed by atoms with E-state index in [1.165, 1.54) is 29.4 Å². The van der Waals surface area contributed by atoms with Crippen molar-refractivity contribution in [3.05, 3.63) is 51.9 Å². The SMILES string of the molecule is CCC1CCc2c(sc(NC(=O)/C=C/c3ccc(OC)cc3)c2C(=O)OC)C1. The number of nitrogens with one attached hydrogen (secondary N) is 1. The molecule has 6 heteroatoms. The van der Waals surface area contributed by atoms with Crippen LogP contribution in [0.1, 0.15) is 46.1 Å². The number of rotatable bonds is 6. The summed E-state index contributed by atoms with van der Waals surface area (Å²) in [6, 6.07) is 7.42. The van der Waals surface area contributed by atoms with Crippen molar-refractivity contribution in [1.29, 1.82) is 0 Å². The molecule has 1 atom stereocenters. The van der Waals surface area contributed by atoms with Gasteiger partial charge in [-0.3, -0.25) is 4.79 Å². The molecule has 1 amide bonds. The van der Waals surface area contributed by atoms with Gasteiger partial charge in [-0.15, -0.1) is 11.3 Å². The summed E-state index contributed by atoms with van der Waals surface area (Å²) in [6.45, 7) is 2.19. The van der Waals surface area contributed by atoms with Gasteiger partial charge in [0.05, 0.1) is 19.8 Å². The Labute approximate surface area is 169 Å². The fourth-order valence-corrected chi connectivity index (χ4v) is 4.80. The van der Waals surface area contributed by atoms with Gasteiger partial charge in [-0.05, 0) is 54.5 Å². The van der Waals surface area contributed by atoms with Crippen LogP contribution < -0.4 is 10.1 Å². The average molecular weight is 400 g/mol. The van der Waals surface area contributed by atoms with E-state index >= 15 is 0 Å². The molecule has 1 heterocycles. The Balaban J connectivity index is 1.78. The van der Waals surface area contributed by atoms with Crippen LogP contribution in [0.5, 0.6) is 5.75 Å². The van der Waals surface area contributed by atoms with E-state index in [0.29, 0.717) is 16.5 Å². The van der Waals surface area contributed by atoms with Crippen molar-refractivity contribution < 1.29 is 19.1 Å². The topological polar surface area (TPSA) is 64.6 Å². The zero-order chi connectivity index (χ0) is 20.1. The van der Waals surface area contributed by atoms with Crippen LogP contribution in [0.3, 0.4) is 0 Å². The van der Waals surface area contributed by atoms with Gasteiger partial charge in [0, 0.05) is 11.0 Å². The number of carbonyl (C=O) groups excluding carboxylic acids is 2. The molecular formula is C22H25NO4S. The van der Waals surface area contributed by atoms with E-state index in [4.69, 9.17) is 9.47 Å². The Morgan fingerprint density at radius 3 is 2.64 bits per heavy atom. The van der Waals surface area contributed by atoms with Gasteiger partial charge in [-0.25, -0.2) is 4.79 Å². The number of thiophene rings is 1. The number of benzene rings is 1. The van der Waals surface area contributed by atoms with Gasteiger partial charge in [0.1, 0.15) is 10.8 Å². The van der Waals surface area contributed by atoms with E-state index in [0.717, 1.165) is 42.6 Å². The minimum Gasteiger partial charge on any atom is -0.497 e. The quantitative estimate of drug-likeness (QED) is 0.564. The van der Waals surface area contributed by atoms with E-state index in [-0.39, 0.29) is 11.9 Å². The lowest BCUT2D eigenvalue weighted by atomic mass is 9.86. The van der Waals surface area contributed by atoms with Gasteiger partial charge in [-0.2, -0.15) is 0 Å². The molecule has 0 radical (unpaired) electrons. The Morgan fingerprint density at radius 2 is 2.00 bits per heavy atom. The number of esters is 1. The van der Waals surface area contributed by atoms with Gasteiger partial charge in [0.15, 0.2) is 0 Å². The molecule has 0 bridgehead atoms. The lowest BCUT2D eigenvalue weighted by Crippen LogP contribution is -2.15. The van der Waals surface area contributed by atoms with Crippen LogP contribution in [0.15, 0.2) is 30.3 Å². The fourth-order valence-electron chi connectivity index (χ4n) is 3.45. The van der Waals surface area contributed by atoms with Gasteiger partial charge < -0.3 is 14.8 Å². The van der Waals surface area contributed by atoms with Gasteiger partial charge >= 0.3 is 5.97 Å². The molecule has 1 aliphatic rings. The Hall–Kier alpha value is -2.60. The summed E-state index contributed by atoms with van der Waals surface area (Å²) in [4.78, 5) is 26.0. The van der Waals surface area contributed by atoms with Crippen LogP contribution in [0.2, 0.25) is 0 Å². The number of anilines is 1. The fraction of sp³-hybridized carbons (Fsp3) is 0.364. The molecule has 1 aliphatic carbocycles. The van der Waals surface area contributed by atoms with Gasteiger partial charge in [0.25, 0.3) is 0 Å². The molecule has 1 aromatic heterocycles. The largest absolute Gasteiger partial charge is 0.497 e. The number of amides is 1. The second-order valence-corrected chi connectivity index (χ2v) is 7.92. The third-order valence-corrected chi connectivity index (χ3v) is 6.28. The van der Waals surface area contributed by atoms with Crippen molar-refractivity contribution in [3.63, 3.8) is 0 Å². The first kappa shape index (κ1) is 20.1. The standard InChI is InChI=1S/C22H25NO4S/c1-4-14-7-11-17-18(13-14)28-21(20(17)22(25)27-3)23-19(24)12-8-15-5-9-16(26-2)10-6-15/h5-6,8-10,12,14H,4,7,11,13H2,1-3H3,(H,23,24)/b12-8+. The second kappa shape index (κ2) is 9.06. The van der Waals surface area contributed by atoms with E-state index in [1.54, 1.807) is 13.2 Å². The van der Waals surface area contributed by atoms with E-state index in [1.807, 2.05) is 24.3 Å². The lowest BCUT2D eigenvalue weighted by molar-refractivity contribution is -0.111. The third kappa shape index (κ3) is 4.44. The van der Waals surface area contributed by atoms with Gasteiger partial charge in [-0.1, -0.05) is 25.5 Å². The molecule has 28 heavy (non-hydrogen) atoms. The van der Waals surface area contributed by atoms with Crippen molar-refractivity contribution in [2.75, 3.05) is 19.5 Å². The third-order valence-electron chi connectivity index (χ3n) is 5.11. The summed E-state index contributed by atoms with van der Waals surface area (Å²) in [7, 11) is 2.99. The highest BCUT2D eigenvalue weighted by Crippen LogP contribution is 2.40. The first-order valence-corrected chi connectivity index (χ1v) is 10.2. The summed E-state index contributed by atoms with van der Waals surface area (Å²) in [6.07, 6.45) is 7.19. The van der Waals surface area contributed by atoms with Crippen LogP contribution in [-0.4, -0.2) is 26.1 Å². The Bertz CT molecular complexity index is 883. The van der Waals surface area contributed by atoms with Crippen molar-refractivity contribution in [2.45, 2.75) is 32.6 Å². The number of hydrogen-bond acceptors (Lipinski definition) is 5. The molecule has 3 rings (SSSR count). The minimum absolute atomic E-state index is 0.272. The van der Waals surface area contributed by atoms with Crippen molar-refractivity contribution >= 4 is 34.3 Å². The number of fused-ring (bicyclic) bond motifs is 1. The predicted octanol–water partition coefficient (Wildman–Crippen LogP) is 4.71. The summed E-state index contributed by atoms with van der Waals surface area (Å²) in [5.41, 5.74) is 2.44. The first-order valence-electron chi connectivity index (χ1n) is 9.41. The van der Waals surface area contributed by atoms with Crippen molar-refractivity contribution in [2.24, 2.45) is 5.92 Å². The molecule has 1 aromatic carbocycles. The highest BCUT2D eigenvalue weighted by atomic mass is 32.1. The molecule has 0 spiro atoms. The predicted molar refractivity (Wildman–Crippen MR) is 112 cm³/mol. The highest BCUT2D eigenvalue weighted by Gasteiger charge is 2.29. The maximum atomic E-state index is 12.4. The van der Waals surface area contributed by atoms with Crippen molar-refractivity contribution in [3.8, 4) is 5.75 Å². The maximum absolute atomic E-state index is 12.4. The summed E-state index contributed by atoms with van der Waals surface area (Å²) < 4.78 is 10.1. The molecule has 1 N–H and O–H groups in total. The molecule has 2 aromatic rings. The van der Waals surface area contributed by atoms with Gasteiger partial charge in [0.2, 0.25) is 5.91 Å². The minimum atomic E-state index is -0.387. The molecule has 148 valence electrons. The van der Waals surface area contributed by atoms with Crippen LogP contribution in [0.25, 0.3) is 6.08 Å². The van der Waals surface area contributed by atoms with Crippen LogP contribution in [-0.2, 0) is 22.4 Å². The number of carbonyl (C=O) groups is 2. The van der Waals surface area contributed by atoms with Crippen LogP contribution in [0.4, 0.5) is 5.00 Å². The van der Waals surface area contributed by atoms with Crippen LogP contribution in [0, 0.1) is 5.92 Å². The average Bonchev–Trinajstić information content (AvgIpc) is 3.08. The summed E-state index contributed by atoms with van der Waals surface area (Å²) >= 11 is 1.50. The number of methoxy groups -OCH3 is 2. The molecule has 0 aliphatic heterocycles. The highest BCUT2D eigenvalue weighted by molar-refractivity contribution is 7.17. The van der Waals surface area contributed by atoms with E-state index in [2.05, 4.69) is 12.2 Å². The Kier molecular flexibility index (Phi) is 6.52. The molecular weight excluding hydrogens is 374 g/mol. The number of hydrogen-bond donors (Lipinski definition) is 1. The molecule has 0 fully saturated rings. The van der Waals surface area contributed by atoms with E-state index in [9.17, 15) is 9.59 Å². The van der Waals surface area contributed by atoms with E-state index < -0.39 is 0 Å². The molecule has 1 unspecified atom stereocenters. The van der Waals surface area contributed by atoms with Crippen LogP contribution >= 0.6 is 11.3 Å². The molecule has 0 saturated heterocycles. The van der Waals surface area contributed by atoms with Crippen molar-refractivity contribution in [1.82, 2.24) is 0 Å².